The van der Waals surface area contributed by atoms with Crippen LogP contribution in [0, 0.1) is 11.3 Å². The molecule has 3 aromatic carbocycles. The van der Waals surface area contributed by atoms with Gasteiger partial charge < -0.3 is 15.5 Å². The molecule has 8 heteroatoms. The van der Waals surface area contributed by atoms with E-state index >= 15 is 0 Å². The summed E-state index contributed by atoms with van der Waals surface area (Å²) in [7, 11) is 0. The van der Waals surface area contributed by atoms with Crippen molar-refractivity contribution < 1.29 is 14.3 Å². The molecule has 0 aliphatic rings. The van der Waals surface area contributed by atoms with Crippen LogP contribution in [0.5, 0.6) is 5.75 Å². The molecule has 0 fully saturated rings. The summed E-state index contributed by atoms with van der Waals surface area (Å²) >= 11 is 0. The molecule has 0 bridgehead atoms. The number of Topliss-reactive ketones (excluding diaryl/α,β-unsaturated/α-hetero) is 1. The number of benzene rings is 3. The second-order valence-electron chi connectivity index (χ2n) is 8.05. The van der Waals surface area contributed by atoms with E-state index in [4.69, 9.17) is 15.7 Å². The monoisotopic (exact) mass is 461 g/mol. The molecule has 5 aromatic rings. The molecule has 0 radical (unpaired) electrons. The van der Waals surface area contributed by atoms with Crippen LogP contribution in [0.15, 0.2) is 73.3 Å². The van der Waals surface area contributed by atoms with E-state index in [0.717, 1.165) is 27.5 Å². The number of fused-ring (bicyclic) bond motifs is 2. The van der Waals surface area contributed by atoms with Gasteiger partial charge in [-0.1, -0.05) is 18.2 Å². The van der Waals surface area contributed by atoms with E-state index in [1.165, 1.54) is 0 Å². The lowest BCUT2D eigenvalue weighted by molar-refractivity contribution is 0.0914. The number of aromatic nitrogens is 3. The van der Waals surface area contributed by atoms with Crippen LogP contribution in [0.4, 0.5) is 0 Å². The van der Waals surface area contributed by atoms with Crippen molar-refractivity contribution in [3.05, 3.63) is 101 Å². The van der Waals surface area contributed by atoms with Crippen molar-refractivity contribution in [3.8, 4) is 11.8 Å². The summed E-state index contributed by atoms with van der Waals surface area (Å²) in [5.41, 5.74) is 9.36. The van der Waals surface area contributed by atoms with Gasteiger partial charge in [-0.15, -0.1) is 0 Å². The molecule has 35 heavy (non-hydrogen) atoms. The van der Waals surface area contributed by atoms with E-state index in [9.17, 15) is 9.59 Å². The lowest BCUT2D eigenvalue weighted by Gasteiger charge is -2.11. The van der Waals surface area contributed by atoms with Crippen molar-refractivity contribution in [2.24, 2.45) is 5.73 Å². The van der Waals surface area contributed by atoms with E-state index < -0.39 is 5.91 Å². The predicted molar refractivity (Wildman–Crippen MR) is 130 cm³/mol. The first-order valence-corrected chi connectivity index (χ1v) is 10.8. The molecular formula is C27H19N5O3. The Morgan fingerprint density at radius 1 is 1.03 bits per heavy atom. The van der Waals surface area contributed by atoms with Crippen LogP contribution in [0.3, 0.4) is 0 Å². The second-order valence-corrected chi connectivity index (χ2v) is 8.05. The molecule has 170 valence electrons. The molecule has 1 amide bonds. The minimum atomic E-state index is -0.681. The number of rotatable bonds is 7. The van der Waals surface area contributed by atoms with Crippen LogP contribution in [-0.2, 0) is 6.42 Å². The number of amides is 1. The van der Waals surface area contributed by atoms with Crippen LogP contribution >= 0.6 is 0 Å². The molecule has 0 unspecified atom stereocenters. The Kier molecular flexibility index (Phi) is 5.65. The molecule has 0 aliphatic carbocycles. The first-order chi connectivity index (χ1) is 17.0. The summed E-state index contributed by atoms with van der Waals surface area (Å²) in [6.07, 6.45) is 7.29. The SMILES string of the molecule is N#Cc1ccc2cc(OCC(=O)c3c[nH]c4cc(Cc5cnccn5)ccc34)c(C(N)=O)cc2c1. The average Bonchev–Trinajstić information content (AvgIpc) is 3.30. The number of ketones is 1. The van der Waals surface area contributed by atoms with Crippen molar-refractivity contribution >= 4 is 33.4 Å². The molecule has 8 nitrogen and oxygen atoms in total. The Hall–Kier alpha value is -5.03. The van der Waals surface area contributed by atoms with Gasteiger partial charge in [-0.2, -0.15) is 5.26 Å². The fourth-order valence-electron chi connectivity index (χ4n) is 4.02. The van der Waals surface area contributed by atoms with Gasteiger partial charge in [-0.25, -0.2) is 0 Å². The number of nitrogens with two attached hydrogens (primary N) is 1. The highest BCUT2D eigenvalue weighted by molar-refractivity contribution is 6.09. The molecule has 0 atom stereocenters. The Labute approximate surface area is 200 Å². The van der Waals surface area contributed by atoms with Gasteiger partial charge in [0.15, 0.2) is 6.61 Å². The minimum absolute atomic E-state index is 0.146. The Bertz CT molecular complexity index is 1630. The number of carbonyl (C=O) groups excluding carboxylic acids is 2. The first-order valence-electron chi connectivity index (χ1n) is 10.8. The van der Waals surface area contributed by atoms with Gasteiger partial charge in [-0.05, 0) is 46.7 Å². The maximum atomic E-state index is 13.0. The zero-order valence-electron chi connectivity index (χ0n) is 18.5. The van der Waals surface area contributed by atoms with Gasteiger partial charge in [0.2, 0.25) is 5.78 Å². The molecule has 3 N–H and O–H groups in total. The van der Waals surface area contributed by atoms with Gasteiger partial charge in [0.1, 0.15) is 5.75 Å². The van der Waals surface area contributed by atoms with Crippen molar-refractivity contribution in [2.45, 2.75) is 6.42 Å². The van der Waals surface area contributed by atoms with Gasteiger partial charge in [-0.3, -0.25) is 19.6 Å². The van der Waals surface area contributed by atoms with Crippen molar-refractivity contribution in [1.29, 1.82) is 5.26 Å². The highest BCUT2D eigenvalue weighted by Crippen LogP contribution is 2.28. The fourth-order valence-corrected chi connectivity index (χ4v) is 4.02. The van der Waals surface area contributed by atoms with E-state index in [1.54, 1.807) is 55.1 Å². The van der Waals surface area contributed by atoms with Crippen molar-refractivity contribution in [2.75, 3.05) is 6.61 Å². The quantitative estimate of drug-likeness (QED) is 0.353. The summed E-state index contributed by atoms with van der Waals surface area (Å²) in [6.45, 7) is -0.267. The maximum Gasteiger partial charge on any atom is 0.252 e. The highest BCUT2D eigenvalue weighted by atomic mass is 16.5. The highest BCUT2D eigenvalue weighted by Gasteiger charge is 2.17. The van der Waals surface area contributed by atoms with Crippen LogP contribution in [0.2, 0.25) is 0 Å². The van der Waals surface area contributed by atoms with E-state index in [0.29, 0.717) is 22.9 Å². The molecule has 0 spiro atoms. The number of hydrogen-bond donors (Lipinski definition) is 2. The number of nitrogens with one attached hydrogen (secondary N) is 1. The van der Waals surface area contributed by atoms with Gasteiger partial charge in [0, 0.05) is 47.7 Å². The van der Waals surface area contributed by atoms with Crippen LogP contribution in [0.25, 0.3) is 21.7 Å². The van der Waals surface area contributed by atoms with Crippen LogP contribution < -0.4 is 10.5 Å². The number of aromatic amines is 1. The summed E-state index contributed by atoms with van der Waals surface area (Å²) in [4.78, 5) is 36.5. The van der Waals surface area contributed by atoms with Crippen LogP contribution in [-0.4, -0.2) is 33.2 Å². The summed E-state index contributed by atoms with van der Waals surface area (Å²) in [5, 5.41) is 11.3. The third kappa shape index (κ3) is 4.43. The predicted octanol–water partition coefficient (Wildman–Crippen LogP) is 3.93. The number of carbonyl (C=O) groups is 2. The molecule has 2 aromatic heterocycles. The first kappa shape index (κ1) is 21.8. The molecular weight excluding hydrogens is 442 g/mol. The number of H-pyrrole nitrogens is 1. The molecule has 0 saturated heterocycles. The van der Waals surface area contributed by atoms with E-state index in [1.807, 2.05) is 18.2 Å². The van der Waals surface area contributed by atoms with Gasteiger partial charge in [0.25, 0.3) is 5.91 Å². The Morgan fingerprint density at radius 2 is 1.91 bits per heavy atom. The zero-order chi connectivity index (χ0) is 24.4. The number of hydrogen-bond acceptors (Lipinski definition) is 6. The van der Waals surface area contributed by atoms with E-state index in [-0.39, 0.29) is 23.7 Å². The van der Waals surface area contributed by atoms with E-state index in [2.05, 4.69) is 21.0 Å². The third-order valence-corrected chi connectivity index (χ3v) is 5.74. The van der Waals surface area contributed by atoms with Crippen molar-refractivity contribution in [3.63, 3.8) is 0 Å². The third-order valence-electron chi connectivity index (χ3n) is 5.74. The molecule has 0 saturated carbocycles. The number of ether oxygens (including phenoxy) is 1. The smallest absolute Gasteiger partial charge is 0.252 e. The normalized spacial score (nSPS) is 10.8. The largest absolute Gasteiger partial charge is 0.485 e. The molecule has 2 heterocycles. The lowest BCUT2D eigenvalue weighted by atomic mass is 10.0. The maximum absolute atomic E-state index is 13.0. The summed E-state index contributed by atoms with van der Waals surface area (Å²) in [6, 6.07) is 16.2. The topological polar surface area (TPSA) is 135 Å². The summed E-state index contributed by atoms with van der Waals surface area (Å²) in [5.74, 6) is -0.707. The Balaban J connectivity index is 1.37. The number of primary amides is 1. The zero-order valence-corrected chi connectivity index (χ0v) is 18.5. The average molecular weight is 461 g/mol. The molecule has 5 rings (SSSR count). The minimum Gasteiger partial charge on any atom is -0.485 e. The lowest BCUT2D eigenvalue weighted by Crippen LogP contribution is -2.16. The Morgan fingerprint density at radius 3 is 2.69 bits per heavy atom. The number of nitrogens with zero attached hydrogens (tertiary/aromatic N) is 3. The van der Waals surface area contributed by atoms with Gasteiger partial charge in [0.05, 0.1) is 22.9 Å². The molecule has 0 aliphatic heterocycles. The fraction of sp³-hybridized carbons (Fsp3) is 0.0741. The van der Waals surface area contributed by atoms with Crippen molar-refractivity contribution in [1.82, 2.24) is 15.0 Å². The number of nitriles is 1. The van der Waals surface area contributed by atoms with Gasteiger partial charge >= 0.3 is 0 Å². The van der Waals surface area contributed by atoms with Crippen LogP contribution in [0.1, 0.15) is 37.5 Å². The second kappa shape index (κ2) is 9.08. The standard InChI is InChI=1S/C27H19N5O3/c28-12-17-1-3-18-11-26(22(27(29)34)10-19(18)7-17)35-15-25(33)23-14-32-24-9-16(2-4-21(23)24)8-20-13-30-5-6-31-20/h1-7,9-11,13-14,32H,8,15H2,(H2,29,34). The summed E-state index contributed by atoms with van der Waals surface area (Å²) < 4.78 is 5.76.